The summed E-state index contributed by atoms with van der Waals surface area (Å²) in [6.45, 7) is 2.85. The molecule has 3 nitrogen and oxygen atoms in total. The first-order valence-corrected chi connectivity index (χ1v) is 5.73. The summed E-state index contributed by atoms with van der Waals surface area (Å²) in [5, 5.41) is 3.49. The Morgan fingerprint density at radius 3 is 3.08 bits per heavy atom. The van der Waals surface area contributed by atoms with Crippen LogP contribution in [0.25, 0.3) is 0 Å². The molecule has 0 atom stereocenters. The first kappa shape index (κ1) is 10.6. The summed E-state index contributed by atoms with van der Waals surface area (Å²) in [5.41, 5.74) is 1.02. The van der Waals surface area contributed by atoms with Crippen LogP contribution >= 0.6 is 23.4 Å². The first-order valence-electron chi connectivity index (χ1n) is 3.96. The Kier molecular flexibility index (Phi) is 4.32. The van der Waals surface area contributed by atoms with Gasteiger partial charge in [-0.05, 0) is 24.8 Å². The van der Waals surface area contributed by atoms with E-state index in [4.69, 9.17) is 11.6 Å². The van der Waals surface area contributed by atoms with E-state index in [9.17, 15) is 0 Å². The maximum atomic E-state index is 5.66. The minimum Gasteiger partial charge on any atom is -0.369 e. The quantitative estimate of drug-likeness (QED) is 0.620. The molecule has 5 heteroatoms. The summed E-state index contributed by atoms with van der Waals surface area (Å²) in [4.78, 5) is 7.96. The van der Waals surface area contributed by atoms with Gasteiger partial charge in [-0.25, -0.2) is 9.97 Å². The molecule has 0 bridgehead atoms. The van der Waals surface area contributed by atoms with Crippen molar-refractivity contribution in [3.8, 4) is 0 Å². The summed E-state index contributed by atoms with van der Waals surface area (Å²) >= 11 is 7.45. The molecule has 13 heavy (non-hydrogen) atoms. The normalized spacial score (nSPS) is 10.1. The number of anilines is 1. The number of hydrogen-bond acceptors (Lipinski definition) is 4. The van der Waals surface area contributed by atoms with Gasteiger partial charge in [-0.3, -0.25) is 0 Å². The number of nitrogens with zero attached hydrogens (tertiary/aromatic N) is 2. The van der Waals surface area contributed by atoms with Crippen LogP contribution in [0.15, 0.2) is 6.20 Å². The van der Waals surface area contributed by atoms with Gasteiger partial charge in [0.15, 0.2) is 0 Å². The lowest BCUT2D eigenvalue weighted by molar-refractivity contribution is 1.09. The number of hydrogen-bond donors (Lipinski definition) is 1. The summed E-state index contributed by atoms with van der Waals surface area (Å²) in [6, 6.07) is 0. The van der Waals surface area contributed by atoms with Crippen LogP contribution < -0.4 is 5.32 Å². The first-order chi connectivity index (χ1) is 6.24. The van der Waals surface area contributed by atoms with Crippen molar-refractivity contribution in [3.05, 3.63) is 17.0 Å². The van der Waals surface area contributed by atoms with E-state index in [1.54, 1.807) is 18.0 Å². The van der Waals surface area contributed by atoms with Crippen LogP contribution in [0.2, 0.25) is 5.28 Å². The third-order valence-corrected chi connectivity index (χ3v) is 2.34. The molecule has 0 saturated heterocycles. The van der Waals surface area contributed by atoms with Crippen molar-refractivity contribution < 1.29 is 0 Å². The van der Waals surface area contributed by atoms with Gasteiger partial charge in [0, 0.05) is 24.1 Å². The van der Waals surface area contributed by atoms with Crippen molar-refractivity contribution in [1.29, 1.82) is 0 Å². The van der Waals surface area contributed by atoms with Crippen LogP contribution in [0.3, 0.4) is 0 Å². The molecule has 1 aromatic rings. The van der Waals surface area contributed by atoms with Gasteiger partial charge in [-0.1, -0.05) is 0 Å². The maximum absolute atomic E-state index is 5.66. The third-order valence-electron chi connectivity index (χ3n) is 1.54. The molecule has 0 aliphatic rings. The van der Waals surface area contributed by atoms with E-state index < -0.39 is 0 Å². The van der Waals surface area contributed by atoms with Gasteiger partial charge in [0.25, 0.3) is 0 Å². The minimum atomic E-state index is 0.289. The van der Waals surface area contributed by atoms with E-state index in [1.165, 1.54) is 0 Å². The Labute approximate surface area is 87.3 Å². The zero-order valence-electron chi connectivity index (χ0n) is 7.67. The zero-order chi connectivity index (χ0) is 9.68. The Bertz CT molecular complexity index is 280. The second kappa shape index (κ2) is 5.29. The maximum Gasteiger partial charge on any atom is 0.224 e. The predicted octanol–water partition coefficient (Wildman–Crippen LogP) is 2.21. The summed E-state index contributed by atoms with van der Waals surface area (Å²) in [6.07, 6.45) is 3.79. The van der Waals surface area contributed by atoms with Crippen molar-refractivity contribution >= 4 is 29.2 Å². The summed E-state index contributed by atoms with van der Waals surface area (Å²) in [5.74, 6) is 1.88. The van der Waals surface area contributed by atoms with Gasteiger partial charge >= 0.3 is 0 Å². The molecule has 1 N–H and O–H groups in total. The molecular weight excluding hydrogens is 206 g/mol. The smallest absolute Gasteiger partial charge is 0.224 e. The topological polar surface area (TPSA) is 37.8 Å². The zero-order valence-corrected chi connectivity index (χ0v) is 9.24. The van der Waals surface area contributed by atoms with E-state index in [1.807, 2.05) is 6.92 Å². The number of halogens is 1. The minimum absolute atomic E-state index is 0.289. The largest absolute Gasteiger partial charge is 0.369 e. The van der Waals surface area contributed by atoms with Crippen LogP contribution in [0.4, 0.5) is 5.82 Å². The highest BCUT2D eigenvalue weighted by Gasteiger charge is 2.00. The molecule has 0 aliphatic heterocycles. The Morgan fingerprint density at radius 2 is 2.38 bits per heavy atom. The van der Waals surface area contributed by atoms with Crippen LogP contribution in [0.1, 0.15) is 5.56 Å². The van der Waals surface area contributed by atoms with Crippen molar-refractivity contribution in [3.63, 3.8) is 0 Å². The molecule has 0 fully saturated rings. The monoisotopic (exact) mass is 217 g/mol. The molecule has 1 aromatic heterocycles. The lowest BCUT2D eigenvalue weighted by atomic mass is 10.3. The fourth-order valence-electron chi connectivity index (χ4n) is 0.871. The molecule has 0 unspecified atom stereocenters. The fourth-order valence-corrected chi connectivity index (χ4v) is 1.31. The van der Waals surface area contributed by atoms with E-state index in [-0.39, 0.29) is 5.28 Å². The Morgan fingerprint density at radius 1 is 1.62 bits per heavy atom. The molecule has 0 saturated carbocycles. The number of thioether (sulfide) groups is 1. The lowest BCUT2D eigenvalue weighted by Crippen LogP contribution is -2.07. The number of aryl methyl sites for hydroxylation is 1. The third kappa shape index (κ3) is 3.40. The van der Waals surface area contributed by atoms with Gasteiger partial charge in [0.05, 0.1) is 0 Å². The number of aromatic nitrogens is 2. The van der Waals surface area contributed by atoms with E-state index >= 15 is 0 Å². The SMILES string of the molecule is CSCCNc1nc(Cl)ncc1C. The molecule has 1 rings (SSSR count). The highest BCUT2D eigenvalue weighted by molar-refractivity contribution is 7.98. The van der Waals surface area contributed by atoms with Crippen LogP contribution in [-0.2, 0) is 0 Å². The second-order valence-electron chi connectivity index (χ2n) is 2.59. The van der Waals surface area contributed by atoms with Gasteiger partial charge < -0.3 is 5.32 Å². The molecular formula is C8H12ClN3S. The molecule has 0 amide bonds. The molecule has 72 valence electrons. The predicted molar refractivity (Wildman–Crippen MR) is 58.7 cm³/mol. The summed E-state index contributed by atoms with van der Waals surface area (Å²) < 4.78 is 0. The van der Waals surface area contributed by atoms with Crippen LogP contribution in [0, 0.1) is 6.92 Å². The fraction of sp³-hybridized carbons (Fsp3) is 0.500. The van der Waals surface area contributed by atoms with Crippen LogP contribution in [0.5, 0.6) is 0 Å². The molecule has 0 spiro atoms. The molecule has 0 aliphatic carbocycles. The van der Waals surface area contributed by atoms with Crippen molar-refractivity contribution in [2.24, 2.45) is 0 Å². The van der Waals surface area contributed by atoms with Gasteiger partial charge in [0.2, 0.25) is 5.28 Å². The van der Waals surface area contributed by atoms with Crippen molar-refractivity contribution in [2.45, 2.75) is 6.92 Å². The van der Waals surface area contributed by atoms with Gasteiger partial charge in [-0.2, -0.15) is 11.8 Å². The average Bonchev–Trinajstić information content (AvgIpc) is 2.11. The van der Waals surface area contributed by atoms with E-state index in [0.717, 1.165) is 23.7 Å². The Balaban J connectivity index is 2.59. The highest BCUT2D eigenvalue weighted by atomic mass is 35.5. The Hall–Kier alpha value is -0.480. The van der Waals surface area contributed by atoms with Crippen LogP contribution in [-0.4, -0.2) is 28.5 Å². The van der Waals surface area contributed by atoms with Gasteiger partial charge in [0.1, 0.15) is 5.82 Å². The molecule has 0 radical (unpaired) electrons. The second-order valence-corrected chi connectivity index (χ2v) is 3.91. The standard InChI is InChI=1S/C8H12ClN3S/c1-6-5-11-8(9)12-7(6)10-3-4-13-2/h5H,3-4H2,1-2H3,(H,10,11,12). The number of nitrogens with one attached hydrogen (secondary N) is 1. The lowest BCUT2D eigenvalue weighted by Gasteiger charge is -2.06. The summed E-state index contributed by atoms with van der Waals surface area (Å²) in [7, 11) is 0. The van der Waals surface area contributed by atoms with E-state index in [0.29, 0.717) is 0 Å². The molecule has 1 heterocycles. The van der Waals surface area contributed by atoms with Crippen molar-refractivity contribution in [1.82, 2.24) is 9.97 Å². The number of rotatable bonds is 4. The average molecular weight is 218 g/mol. The van der Waals surface area contributed by atoms with E-state index in [2.05, 4.69) is 21.5 Å². The van der Waals surface area contributed by atoms with Gasteiger partial charge in [-0.15, -0.1) is 0 Å². The van der Waals surface area contributed by atoms with Crippen molar-refractivity contribution in [2.75, 3.05) is 23.9 Å². The highest BCUT2D eigenvalue weighted by Crippen LogP contribution is 2.12. The molecule has 0 aromatic carbocycles.